The number of pyridine rings is 1. The van der Waals surface area contributed by atoms with Crippen molar-refractivity contribution < 1.29 is 4.74 Å². The highest BCUT2D eigenvalue weighted by atomic mass is 79.9. The van der Waals surface area contributed by atoms with Gasteiger partial charge < -0.3 is 4.74 Å². The first-order chi connectivity index (χ1) is 8.29. The van der Waals surface area contributed by atoms with E-state index in [-0.39, 0.29) is 0 Å². The second-order valence-corrected chi connectivity index (χ2v) is 4.29. The van der Waals surface area contributed by atoms with Crippen molar-refractivity contribution in [3.63, 3.8) is 0 Å². The zero-order valence-corrected chi connectivity index (χ0v) is 10.5. The van der Waals surface area contributed by atoms with E-state index in [1.807, 2.05) is 30.3 Å². The van der Waals surface area contributed by atoms with E-state index >= 15 is 0 Å². The van der Waals surface area contributed by atoms with E-state index in [9.17, 15) is 0 Å². The van der Waals surface area contributed by atoms with Gasteiger partial charge in [0.2, 0.25) is 6.10 Å². The SMILES string of the molecule is N#C[C@@H](Oc1cncc(Br)c1)c1ccccc1. The number of aromatic nitrogens is 1. The van der Waals surface area contributed by atoms with Crippen molar-refractivity contribution in [2.45, 2.75) is 6.10 Å². The summed E-state index contributed by atoms with van der Waals surface area (Å²) in [7, 11) is 0. The van der Waals surface area contributed by atoms with Crippen molar-refractivity contribution in [3.05, 3.63) is 58.8 Å². The molecule has 0 unspecified atom stereocenters. The molecule has 1 aromatic heterocycles. The molecule has 0 bridgehead atoms. The lowest BCUT2D eigenvalue weighted by Gasteiger charge is -2.12. The number of hydrogen-bond acceptors (Lipinski definition) is 3. The number of halogens is 1. The van der Waals surface area contributed by atoms with Crippen LogP contribution >= 0.6 is 15.9 Å². The van der Waals surface area contributed by atoms with Crippen LogP contribution < -0.4 is 4.74 Å². The Hall–Kier alpha value is -1.86. The molecule has 0 saturated carbocycles. The fourth-order valence-corrected chi connectivity index (χ4v) is 1.73. The summed E-state index contributed by atoms with van der Waals surface area (Å²) >= 11 is 3.30. The Bertz CT molecular complexity index is 537. The van der Waals surface area contributed by atoms with Gasteiger partial charge in [-0.25, -0.2) is 0 Å². The molecule has 0 aliphatic carbocycles. The Morgan fingerprint density at radius 2 is 2.00 bits per heavy atom. The molecule has 1 atom stereocenters. The molecule has 84 valence electrons. The lowest BCUT2D eigenvalue weighted by Crippen LogP contribution is -2.04. The molecular formula is C13H9BrN2O. The smallest absolute Gasteiger partial charge is 0.209 e. The monoisotopic (exact) mass is 288 g/mol. The zero-order chi connectivity index (χ0) is 12.1. The molecule has 0 aliphatic heterocycles. The van der Waals surface area contributed by atoms with Crippen LogP contribution in [0.3, 0.4) is 0 Å². The summed E-state index contributed by atoms with van der Waals surface area (Å²) in [4.78, 5) is 3.98. The minimum atomic E-state index is -0.618. The van der Waals surface area contributed by atoms with E-state index in [4.69, 9.17) is 10.00 Å². The fraction of sp³-hybridized carbons (Fsp3) is 0.0769. The summed E-state index contributed by atoms with van der Waals surface area (Å²) in [5, 5.41) is 9.10. The fourth-order valence-electron chi connectivity index (χ4n) is 1.39. The number of nitriles is 1. The molecular weight excluding hydrogens is 280 g/mol. The maximum Gasteiger partial charge on any atom is 0.209 e. The number of nitrogens with zero attached hydrogens (tertiary/aromatic N) is 2. The van der Waals surface area contributed by atoms with Crippen molar-refractivity contribution in [1.29, 1.82) is 5.26 Å². The van der Waals surface area contributed by atoms with Gasteiger partial charge in [0.05, 0.1) is 6.20 Å². The third-order valence-corrected chi connectivity index (χ3v) is 2.59. The number of benzene rings is 1. The van der Waals surface area contributed by atoms with Gasteiger partial charge in [0.25, 0.3) is 0 Å². The van der Waals surface area contributed by atoms with E-state index in [0.717, 1.165) is 10.0 Å². The highest BCUT2D eigenvalue weighted by Crippen LogP contribution is 2.23. The van der Waals surface area contributed by atoms with Gasteiger partial charge in [-0.05, 0) is 22.0 Å². The molecule has 0 aliphatic rings. The van der Waals surface area contributed by atoms with Gasteiger partial charge in [-0.15, -0.1) is 0 Å². The van der Waals surface area contributed by atoms with Crippen molar-refractivity contribution >= 4 is 15.9 Å². The molecule has 17 heavy (non-hydrogen) atoms. The van der Waals surface area contributed by atoms with Crippen LogP contribution in [0.2, 0.25) is 0 Å². The topological polar surface area (TPSA) is 45.9 Å². The second kappa shape index (κ2) is 5.46. The molecule has 2 aromatic rings. The first-order valence-corrected chi connectivity index (χ1v) is 5.80. The van der Waals surface area contributed by atoms with Gasteiger partial charge in [-0.2, -0.15) is 5.26 Å². The Balaban J connectivity index is 2.20. The maximum atomic E-state index is 9.10. The largest absolute Gasteiger partial charge is 0.469 e. The normalized spacial score (nSPS) is 11.5. The minimum absolute atomic E-state index is 0.565. The molecule has 0 saturated heterocycles. The number of hydrogen-bond donors (Lipinski definition) is 0. The first kappa shape index (κ1) is 11.6. The van der Waals surface area contributed by atoms with Gasteiger partial charge >= 0.3 is 0 Å². The van der Waals surface area contributed by atoms with Gasteiger partial charge in [-0.1, -0.05) is 30.3 Å². The van der Waals surface area contributed by atoms with Gasteiger partial charge in [0.15, 0.2) is 0 Å². The van der Waals surface area contributed by atoms with Crippen LogP contribution in [0.25, 0.3) is 0 Å². The number of rotatable bonds is 3. The van der Waals surface area contributed by atoms with Crippen molar-refractivity contribution in [2.24, 2.45) is 0 Å². The van der Waals surface area contributed by atoms with E-state index in [2.05, 4.69) is 27.0 Å². The summed E-state index contributed by atoms with van der Waals surface area (Å²) in [6.07, 6.45) is 2.63. The van der Waals surface area contributed by atoms with Crippen molar-refractivity contribution in [3.8, 4) is 11.8 Å². The summed E-state index contributed by atoms with van der Waals surface area (Å²) in [5.41, 5.74) is 0.829. The van der Waals surface area contributed by atoms with E-state index in [0.29, 0.717) is 5.75 Å². The molecule has 0 N–H and O–H groups in total. The van der Waals surface area contributed by atoms with Crippen molar-refractivity contribution in [1.82, 2.24) is 4.98 Å². The van der Waals surface area contributed by atoms with Gasteiger partial charge in [0.1, 0.15) is 11.8 Å². The van der Waals surface area contributed by atoms with Crippen LogP contribution in [-0.4, -0.2) is 4.98 Å². The maximum absolute atomic E-state index is 9.10. The molecule has 0 fully saturated rings. The molecule has 3 nitrogen and oxygen atoms in total. The average Bonchev–Trinajstić information content (AvgIpc) is 2.37. The zero-order valence-electron chi connectivity index (χ0n) is 8.88. The van der Waals surface area contributed by atoms with Crippen LogP contribution in [0.1, 0.15) is 11.7 Å². The third kappa shape index (κ3) is 3.05. The van der Waals surface area contributed by atoms with E-state index < -0.39 is 6.10 Å². The summed E-state index contributed by atoms with van der Waals surface area (Å²) < 4.78 is 6.40. The van der Waals surface area contributed by atoms with E-state index in [1.54, 1.807) is 18.5 Å². The summed E-state index contributed by atoms with van der Waals surface area (Å²) in [6.45, 7) is 0. The number of ether oxygens (including phenoxy) is 1. The van der Waals surface area contributed by atoms with Gasteiger partial charge in [-0.3, -0.25) is 4.98 Å². The van der Waals surface area contributed by atoms with Crippen LogP contribution in [-0.2, 0) is 0 Å². The Kier molecular flexibility index (Phi) is 3.73. The van der Waals surface area contributed by atoms with Gasteiger partial charge in [0, 0.05) is 16.2 Å². The molecule has 1 heterocycles. The first-order valence-electron chi connectivity index (χ1n) is 5.01. The molecule has 0 radical (unpaired) electrons. The molecule has 0 spiro atoms. The second-order valence-electron chi connectivity index (χ2n) is 3.38. The Labute approximate surface area is 108 Å². The standard InChI is InChI=1S/C13H9BrN2O/c14-11-6-12(9-16-8-11)17-13(7-15)10-4-2-1-3-5-10/h1-6,8-9,13H/t13-/m1/s1. The predicted molar refractivity (Wildman–Crippen MR) is 67.4 cm³/mol. The van der Waals surface area contributed by atoms with Crippen LogP contribution in [0.4, 0.5) is 0 Å². The van der Waals surface area contributed by atoms with Crippen LogP contribution in [0.5, 0.6) is 5.75 Å². The third-order valence-electron chi connectivity index (χ3n) is 2.15. The molecule has 4 heteroatoms. The highest BCUT2D eigenvalue weighted by molar-refractivity contribution is 9.10. The average molecular weight is 289 g/mol. The quantitative estimate of drug-likeness (QED) is 0.869. The molecule has 1 aromatic carbocycles. The van der Waals surface area contributed by atoms with E-state index in [1.165, 1.54) is 0 Å². The molecule has 0 amide bonds. The lowest BCUT2D eigenvalue weighted by molar-refractivity contribution is 0.261. The van der Waals surface area contributed by atoms with Crippen LogP contribution in [0.15, 0.2) is 53.3 Å². The molecule has 2 rings (SSSR count). The minimum Gasteiger partial charge on any atom is -0.469 e. The Morgan fingerprint density at radius 3 is 2.65 bits per heavy atom. The Morgan fingerprint density at radius 1 is 1.24 bits per heavy atom. The lowest BCUT2D eigenvalue weighted by atomic mass is 10.1. The summed E-state index contributed by atoms with van der Waals surface area (Å²) in [6, 6.07) is 13.3. The highest BCUT2D eigenvalue weighted by Gasteiger charge is 2.11. The predicted octanol–water partition coefficient (Wildman–Crippen LogP) is 3.49. The van der Waals surface area contributed by atoms with Crippen LogP contribution in [0, 0.1) is 11.3 Å². The van der Waals surface area contributed by atoms with Crippen molar-refractivity contribution in [2.75, 3.05) is 0 Å². The summed E-state index contributed by atoms with van der Waals surface area (Å²) in [5.74, 6) is 0.565.